The van der Waals surface area contributed by atoms with Crippen molar-refractivity contribution < 1.29 is 24.2 Å². The normalized spacial score (nSPS) is 9.67. The number of rotatable bonds is 6. The van der Waals surface area contributed by atoms with Gasteiger partial charge in [0.25, 0.3) is 0 Å². The number of nitrogens with one attached hydrogen (secondary N) is 1. The predicted octanol–water partition coefficient (Wildman–Crippen LogP) is 0.447. The summed E-state index contributed by atoms with van der Waals surface area (Å²) in [7, 11) is 2.99. The van der Waals surface area contributed by atoms with Gasteiger partial charge in [0.1, 0.15) is 18.0 Å². The third-order valence-electron chi connectivity index (χ3n) is 2.30. The van der Waals surface area contributed by atoms with Crippen molar-refractivity contribution in [2.24, 2.45) is 0 Å². The number of aliphatic carboxylic acids is 1. The molecule has 1 aromatic rings. The first-order chi connectivity index (χ1) is 8.58. The van der Waals surface area contributed by atoms with Crippen LogP contribution >= 0.6 is 0 Å². The topological polar surface area (TPSA) is 84.9 Å². The highest BCUT2D eigenvalue weighted by molar-refractivity contribution is 5.83. The fourth-order valence-electron chi connectivity index (χ4n) is 1.50. The van der Waals surface area contributed by atoms with E-state index in [0.29, 0.717) is 17.1 Å². The minimum atomic E-state index is -1.09. The largest absolute Gasteiger partial charge is 0.496 e. The van der Waals surface area contributed by atoms with Gasteiger partial charge in [-0.05, 0) is 12.1 Å². The molecule has 0 atom stereocenters. The average Bonchev–Trinajstić information content (AvgIpc) is 2.36. The molecule has 2 N–H and O–H groups in total. The van der Waals surface area contributed by atoms with E-state index in [1.807, 2.05) is 0 Å². The van der Waals surface area contributed by atoms with Crippen LogP contribution in [0.1, 0.15) is 5.56 Å². The summed E-state index contributed by atoms with van der Waals surface area (Å²) in [6.45, 7) is -0.406. The van der Waals surface area contributed by atoms with E-state index in [-0.39, 0.29) is 6.42 Å². The first-order valence-corrected chi connectivity index (χ1v) is 5.26. The van der Waals surface area contributed by atoms with Crippen LogP contribution in [0.5, 0.6) is 11.5 Å². The van der Waals surface area contributed by atoms with Crippen LogP contribution in [0.15, 0.2) is 18.2 Å². The summed E-state index contributed by atoms with van der Waals surface area (Å²) in [5, 5.41) is 10.7. The van der Waals surface area contributed by atoms with Gasteiger partial charge in [0, 0.05) is 5.56 Å². The van der Waals surface area contributed by atoms with Crippen molar-refractivity contribution in [1.82, 2.24) is 5.32 Å². The molecule has 0 unspecified atom stereocenters. The Kier molecular flexibility index (Phi) is 4.98. The number of benzene rings is 1. The maximum atomic E-state index is 11.6. The lowest BCUT2D eigenvalue weighted by Crippen LogP contribution is -2.30. The van der Waals surface area contributed by atoms with Crippen LogP contribution in [0.4, 0.5) is 0 Å². The number of carboxylic acid groups (broad SMARTS) is 1. The van der Waals surface area contributed by atoms with Crippen LogP contribution in [0.2, 0.25) is 0 Å². The monoisotopic (exact) mass is 253 g/mol. The van der Waals surface area contributed by atoms with E-state index in [0.717, 1.165) is 0 Å². The Labute approximate surface area is 105 Å². The summed E-state index contributed by atoms with van der Waals surface area (Å²) < 4.78 is 10.3. The fraction of sp³-hybridized carbons (Fsp3) is 0.333. The summed E-state index contributed by atoms with van der Waals surface area (Å²) >= 11 is 0. The van der Waals surface area contributed by atoms with Crippen LogP contribution in [0, 0.1) is 0 Å². The molecule has 0 radical (unpaired) electrons. The van der Waals surface area contributed by atoms with Gasteiger partial charge in [-0.3, -0.25) is 9.59 Å². The smallest absolute Gasteiger partial charge is 0.322 e. The lowest BCUT2D eigenvalue weighted by atomic mass is 10.1. The minimum absolute atomic E-state index is 0.000463. The molecule has 0 aromatic heterocycles. The second-order valence-electron chi connectivity index (χ2n) is 3.49. The Morgan fingerprint density at radius 1 is 1.22 bits per heavy atom. The number of carboxylic acids is 1. The molecule has 0 saturated carbocycles. The molecule has 0 aliphatic rings. The summed E-state index contributed by atoms with van der Waals surface area (Å²) in [6.07, 6.45) is 0.000463. The van der Waals surface area contributed by atoms with Crippen molar-refractivity contribution in [1.29, 1.82) is 0 Å². The van der Waals surface area contributed by atoms with Gasteiger partial charge < -0.3 is 19.9 Å². The van der Waals surface area contributed by atoms with E-state index in [9.17, 15) is 9.59 Å². The van der Waals surface area contributed by atoms with Gasteiger partial charge in [0.05, 0.1) is 20.6 Å². The molecule has 0 bridgehead atoms. The Morgan fingerprint density at radius 3 is 2.22 bits per heavy atom. The van der Waals surface area contributed by atoms with E-state index in [4.69, 9.17) is 14.6 Å². The van der Waals surface area contributed by atoms with E-state index in [2.05, 4.69) is 5.32 Å². The quantitative estimate of drug-likeness (QED) is 0.768. The summed E-state index contributed by atoms with van der Waals surface area (Å²) in [5.41, 5.74) is 0.588. The SMILES string of the molecule is COc1cccc(OC)c1CC(=O)NCC(=O)O. The fourth-order valence-corrected chi connectivity index (χ4v) is 1.50. The van der Waals surface area contributed by atoms with Crippen LogP contribution in [-0.4, -0.2) is 37.7 Å². The molecule has 98 valence electrons. The molecule has 1 amide bonds. The van der Waals surface area contributed by atoms with E-state index < -0.39 is 18.4 Å². The third kappa shape index (κ3) is 3.65. The van der Waals surface area contributed by atoms with Gasteiger partial charge >= 0.3 is 5.97 Å². The first-order valence-electron chi connectivity index (χ1n) is 5.26. The second kappa shape index (κ2) is 6.48. The lowest BCUT2D eigenvalue weighted by Gasteiger charge is -2.12. The number of carbonyl (C=O) groups is 2. The molecule has 0 saturated heterocycles. The van der Waals surface area contributed by atoms with Crippen molar-refractivity contribution in [2.75, 3.05) is 20.8 Å². The Bertz CT molecular complexity index is 422. The summed E-state index contributed by atoms with van der Waals surface area (Å²) in [5.74, 6) is -0.435. The zero-order valence-corrected chi connectivity index (χ0v) is 10.2. The van der Waals surface area contributed by atoms with Crippen molar-refractivity contribution in [3.05, 3.63) is 23.8 Å². The van der Waals surface area contributed by atoms with Crippen molar-refractivity contribution >= 4 is 11.9 Å². The molecule has 1 rings (SSSR count). The molecular formula is C12H15NO5. The highest BCUT2D eigenvalue weighted by atomic mass is 16.5. The summed E-state index contributed by atoms with van der Waals surface area (Å²) in [4.78, 5) is 21.9. The van der Waals surface area contributed by atoms with Crippen LogP contribution in [0.25, 0.3) is 0 Å². The Balaban J connectivity index is 2.82. The molecule has 0 spiro atoms. The molecule has 18 heavy (non-hydrogen) atoms. The molecule has 6 heteroatoms. The molecule has 6 nitrogen and oxygen atoms in total. The van der Waals surface area contributed by atoms with Crippen LogP contribution in [0.3, 0.4) is 0 Å². The minimum Gasteiger partial charge on any atom is -0.496 e. The standard InChI is InChI=1S/C12H15NO5/c1-17-9-4-3-5-10(18-2)8(9)6-11(14)13-7-12(15)16/h3-5H,6-7H2,1-2H3,(H,13,14)(H,15,16). The van der Waals surface area contributed by atoms with Gasteiger partial charge in [-0.25, -0.2) is 0 Å². The zero-order valence-electron chi connectivity index (χ0n) is 10.2. The van der Waals surface area contributed by atoms with E-state index in [1.54, 1.807) is 18.2 Å². The molecular weight excluding hydrogens is 238 g/mol. The Morgan fingerprint density at radius 2 is 1.78 bits per heavy atom. The summed E-state index contributed by atoms with van der Waals surface area (Å²) in [6, 6.07) is 5.17. The highest BCUT2D eigenvalue weighted by Gasteiger charge is 2.14. The number of carbonyl (C=O) groups excluding carboxylic acids is 1. The maximum absolute atomic E-state index is 11.6. The Hall–Kier alpha value is -2.24. The van der Waals surface area contributed by atoms with Gasteiger partial charge in [0.2, 0.25) is 5.91 Å². The number of amides is 1. The highest BCUT2D eigenvalue weighted by Crippen LogP contribution is 2.28. The number of ether oxygens (including phenoxy) is 2. The van der Waals surface area contributed by atoms with Crippen molar-refractivity contribution in [2.45, 2.75) is 6.42 Å². The molecule has 0 aliphatic heterocycles. The van der Waals surface area contributed by atoms with E-state index in [1.165, 1.54) is 14.2 Å². The van der Waals surface area contributed by atoms with Crippen LogP contribution in [-0.2, 0) is 16.0 Å². The molecule has 0 aliphatic carbocycles. The maximum Gasteiger partial charge on any atom is 0.322 e. The molecule has 0 heterocycles. The van der Waals surface area contributed by atoms with E-state index >= 15 is 0 Å². The predicted molar refractivity (Wildman–Crippen MR) is 63.9 cm³/mol. The third-order valence-corrected chi connectivity index (χ3v) is 2.30. The first kappa shape index (κ1) is 13.8. The van der Waals surface area contributed by atoms with Gasteiger partial charge in [-0.2, -0.15) is 0 Å². The lowest BCUT2D eigenvalue weighted by molar-refractivity contribution is -0.137. The van der Waals surface area contributed by atoms with Gasteiger partial charge in [-0.15, -0.1) is 0 Å². The zero-order chi connectivity index (χ0) is 13.5. The van der Waals surface area contributed by atoms with Crippen molar-refractivity contribution in [3.8, 4) is 11.5 Å². The van der Waals surface area contributed by atoms with Crippen LogP contribution < -0.4 is 14.8 Å². The second-order valence-corrected chi connectivity index (χ2v) is 3.49. The average molecular weight is 253 g/mol. The molecule has 0 fully saturated rings. The molecule has 1 aromatic carbocycles. The number of hydrogen-bond donors (Lipinski definition) is 2. The number of methoxy groups -OCH3 is 2. The van der Waals surface area contributed by atoms with Crippen molar-refractivity contribution in [3.63, 3.8) is 0 Å². The number of hydrogen-bond acceptors (Lipinski definition) is 4. The van der Waals surface area contributed by atoms with Gasteiger partial charge in [0.15, 0.2) is 0 Å². The van der Waals surface area contributed by atoms with Gasteiger partial charge in [-0.1, -0.05) is 6.07 Å².